The third-order valence-electron chi connectivity index (χ3n) is 6.07. The molecule has 0 radical (unpaired) electrons. The van der Waals surface area contributed by atoms with Gasteiger partial charge in [0.1, 0.15) is 0 Å². The fourth-order valence-electron chi connectivity index (χ4n) is 5.28. The van der Waals surface area contributed by atoms with Gasteiger partial charge in [-0.25, -0.2) is 0 Å². The molecule has 3 saturated carbocycles. The topological polar surface area (TPSA) is 0 Å². The van der Waals surface area contributed by atoms with Crippen LogP contribution in [0, 0.1) is 28.6 Å². The largest absolute Gasteiger partial charge is 0.0990 e. The molecule has 0 aromatic heterocycles. The summed E-state index contributed by atoms with van der Waals surface area (Å²) in [4.78, 5) is 0. The van der Waals surface area contributed by atoms with E-state index in [1.807, 2.05) is 0 Å². The molecule has 3 fully saturated rings. The SMILES string of the molecule is C=C1C2CCC3[C@H]2C(C)(C)CCCC13C. The van der Waals surface area contributed by atoms with Gasteiger partial charge >= 0.3 is 0 Å². The van der Waals surface area contributed by atoms with Gasteiger partial charge in [-0.3, -0.25) is 0 Å². The number of hydrogen-bond acceptors (Lipinski definition) is 0. The van der Waals surface area contributed by atoms with Crippen molar-refractivity contribution in [2.45, 2.75) is 52.9 Å². The van der Waals surface area contributed by atoms with Crippen molar-refractivity contribution < 1.29 is 0 Å². The number of rotatable bonds is 0. The Bertz CT molecular complexity index is 312. The Morgan fingerprint density at radius 1 is 1.13 bits per heavy atom. The van der Waals surface area contributed by atoms with Crippen LogP contribution in [0.5, 0.6) is 0 Å². The van der Waals surface area contributed by atoms with Gasteiger partial charge in [-0.05, 0) is 54.3 Å². The van der Waals surface area contributed by atoms with Crippen LogP contribution in [-0.2, 0) is 0 Å². The minimum Gasteiger partial charge on any atom is -0.0990 e. The van der Waals surface area contributed by atoms with Crippen molar-refractivity contribution in [2.75, 3.05) is 0 Å². The number of hydrogen-bond donors (Lipinski definition) is 0. The molecule has 0 aromatic rings. The first kappa shape index (κ1) is 9.93. The standard InChI is InChI=1S/C15H24/c1-10-11-6-7-12-13(11)14(2,3)8-5-9-15(10,12)4/h11-13H,1,5-9H2,2-4H3/t11?,12?,13-,15?/m0/s1. The lowest BCUT2D eigenvalue weighted by atomic mass is 9.69. The molecule has 3 unspecified atom stereocenters. The van der Waals surface area contributed by atoms with E-state index >= 15 is 0 Å². The monoisotopic (exact) mass is 204 g/mol. The van der Waals surface area contributed by atoms with Crippen LogP contribution in [0.1, 0.15) is 52.9 Å². The van der Waals surface area contributed by atoms with Crippen LogP contribution in [0.4, 0.5) is 0 Å². The third-order valence-corrected chi connectivity index (χ3v) is 6.07. The molecular formula is C15H24. The predicted molar refractivity (Wildman–Crippen MR) is 64.6 cm³/mol. The van der Waals surface area contributed by atoms with E-state index in [1.165, 1.54) is 32.1 Å². The molecule has 0 aromatic carbocycles. The lowest BCUT2D eigenvalue weighted by molar-refractivity contribution is 0.141. The van der Waals surface area contributed by atoms with Crippen LogP contribution in [-0.4, -0.2) is 0 Å². The highest BCUT2D eigenvalue weighted by atomic mass is 14.7. The zero-order valence-electron chi connectivity index (χ0n) is 10.5. The summed E-state index contributed by atoms with van der Waals surface area (Å²) < 4.78 is 0. The van der Waals surface area contributed by atoms with Crippen LogP contribution >= 0.6 is 0 Å². The van der Waals surface area contributed by atoms with Gasteiger partial charge in [0.05, 0.1) is 0 Å². The van der Waals surface area contributed by atoms with Gasteiger partial charge in [-0.1, -0.05) is 39.3 Å². The Morgan fingerprint density at radius 2 is 1.87 bits per heavy atom. The lowest BCUT2D eigenvalue weighted by Crippen LogP contribution is -2.28. The molecule has 0 aliphatic heterocycles. The Kier molecular flexibility index (Phi) is 1.79. The molecule has 0 saturated heterocycles. The van der Waals surface area contributed by atoms with Crippen LogP contribution in [0.15, 0.2) is 12.2 Å². The van der Waals surface area contributed by atoms with Gasteiger partial charge in [-0.2, -0.15) is 0 Å². The fraction of sp³-hybridized carbons (Fsp3) is 0.867. The molecule has 84 valence electrons. The molecule has 0 heterocycles. The maximum absolute atomic E-state index is 4.46. The fourth-order valence-corrected chi connectivity index (χ4v) is 5.28. The van der Waals surface area contributed by atoms with Gasteiger partial charge in [-0.15, -0.1) is 0 Å². The molecule has 0 spiro atoms. The van der Waals surface area contributed by atoms with E-state index in [4.69, 9.17) is 0 Å². The molecule has 0 nitrogen and oxygen atoms in total. The Morgan fingerprint density at radius 3 is 2.60 bits per heavy atom. The molecule has 0 heteroatoms. The average molecular weight is 204 g/mol. The van der Waals surface area contributed by atoms with Gasteiger partial charge in [0, 0.05) is 0 Å². The molecule has 4 atom stereocenters. The van der Waals surface area contributed by atoms with Gasteiger partial charge in [0.25, 0.3) is 0 Å². The van der Waals surface area contributed by atoms with Crippen molar-refractivity contribution >= 4 is 0 Å². The van der Waals surface area contributed by atoms with Crippen LogP contribution < -0.4 is 0 Å². The minimum atomic E-state index is 0.515. The minimum absolute atomic E-state index is 0.515. The van der Waals surface area contributed by atoms with Crippen molar-refractivity contribution in [3.63, 3.8) is 0 Å². The second-order valence-corrected chi connectivity index (χ2v) is 7.10. The summed E-state index contributed by atoms with van der Waals surface area (Å²) in [5, 5.41) is 0. The second kappa shape index (κ2) is 2.70. The summed E-state index contributed by atoms with van der Waals surface area (Å²) >= 11 is 0. The van der Waals surface area contributed by atoms with Crippen LogP contribution in [0.2, 0.25) is 0 Å². The summed E-state index contributed by atoms with van der Waals surface area (Å²) in [6, 6.07) is 0. The zero-order chi connectivity index (χ0) is 10.8. The first-order chi connectivity index (χ1) is 6.97. The summed E-state index contributed by atoms with van der Waals surface area (Å²) in [6.45, 7) is 12.0. The molecule has 0 amide bonds. The number of allylic oxidation sites excluding steroid dienone is 1. The Labute approximate surface area is 94.1 Å². The second-order valence-electron chi connectivity index (χ2n) is 7.10. The van der Waals surface area contributed by atoms with Crippen molar-refractivity contribution in [3.8, 4) is 0 Å². The lowest BCUT2D eigenvalue weighted by Gasteiger charge is -2.35. The highest BCUT2D eigenvalue weighted by molar-refractivity contribution is 5.29. The quantitative estimate of drug-likeness (QED) is 0.513. The Balaban J connectivity index is 2.10. The van der Waals surface area contributed by atoms with Crippen molar-refractivity contribution in [2.24, 2.45) is 28.6 Å². The van der Waals surface area contributed by atoms with E-state index in [1.54, 1.807) is 5.57 Å². The molecule has 15 heavy (non-hydrogen) atoms. The first-order valence-corrected chi connectivity index (χ1v) is 6.66. The van der Waals surface area contributed by atoms with Crippen LogP contribution in [0.3, 0.4) is 0 Å². The van der Waals surface area contributed by atoms with Crippen molar-refractivity contribution in [3.05, 3.63) is 12.2 Å². The van der Waals surface area contributed by atoms with Crippen molar-refractivity contribution in [1.29, 1.82) is 0 Å². The van der Waals surface area contributed by atoms with Crippen LogP contribution in [0.25, 0.3) is 0 Å². The van der Waals surface area contributed by atoms with E-state index in [2.05, 4.69) is 27.4 Å². The maximum atomic E-state index is 4.46. The zero-order valence-corrected chi connectivity index (χ0v) is 10.5. The van der Waals surface area contributed by atoms with Crippen molar-refractivity contribution in [1.82, 2.24) is 0 Å². The summed E-state index contributed by atoms with van der Waals surface area (Å²) in [5.41, 5.74) is 2.71. The van der Waals surface area contributed by atoms with Gasteiger partial charge in [0.2, 0.25) is 0 Å². The van der Waals surface area contributed by atoms with E-state index in [-0.39, 0.29) is 0 Å². The molecule has 3 aliphatic carbocycles. The maximum Gasteiger partial charge on any atom is -0.00849 e. The summed E-state index contributed by atoms with van der Waals surface area (Å²) in [5.74, 6) is 2.79. The highest BCUT2D eigenvalue weighted by Crippen LogP contribution is 2.70. The Hall–Kier alpha value is -0.260. The van der Waals surface area contributed by atoms with Gasteiger partial charge < -0.3 is 0 Å². The smallest absolute Gasteiger partial charge is 0.00849 e. The highest BCUT2D eigenvalue weighted by Gasteiger charge is 2.61. The summed E-state index contributed by atoms with van der Waals surface area (Å²) in [6.07, 6.45) is 7.18. The normalized spacial score (nSPS) is 51.9. The predicted octanol–water partition coefficient (Wildman–Crippen LogP) is 4.42. The average Bonchev–Trinajstić information content (AvgIpc) is 2.63. The molecule has 3 rings (SSSR count). The molecule has 4 bridgehead atoms. The van der Waals surface area contributed by atoms with E-state index in [0.29, 0.717) is 10.8 Å². The van der Waals surface area contributed by atoms with E-state index in [0.717, 1.165) is 17.8 Å². The molecular weight excluding hydrogens is 180 g/mol. The van der Waals surface area contributed by atoms with E-state index < -0.39 is 0 Å². The van der Waals surface area contributed by atoms with E-state index in [9.17, 15) is 0 Å². The third kappa shape index (κ3) is 1.04. The first-order valence-electron chi connectivity index (χ1n) is 6.66. The van der Waals surface area contributed by atoms with Gasteiger partial charge in [0.15, 0.2) is 0 Å². The summed E-state index contributed by atoms with van der Waals surface area (Å²) in [7, 11) is 0. The molecule has 3 aliphatic rings. The molecule has 0 N–H and O–H groups in total.